The lowest BCUT2D eigenvalue weighted by atomic mass is 10.0. The van der Waals surface area contributed by atoms with Gasteiger partial charge in [0.25, 0.3) is 5.91 Å². The topological polar surface area (TPSA) is 38.8 Å². The van der Waals surface area contributed by atoms with E-state index in [-0.39, 0.29) is 18.7 Å². The molecule has 1 saturated heterocycles. The predicted molar refractivity (Wildman–Crippen MR) is 87.0 cm³/mol. The van der Waals surface area contributed by atoms with E-state index in [4.69, 9.17) is 21.1 Å². The molecule has 1 unspecified atom stereocenters. The summed E-state index contributed by atoms with van der Waals surface area (Å²) < 4.78 is 10.7. The molecule has 23 heavy (non-hydrogen) atoms. The van der Waals surface area contributed by atoms with E-state index in [9.17, 15) is 4.79 Å². The lowest BCUT2D eigenvalue weighted by Crippen LogP contribution is -2.30. The maximum Gasteiger partial charge on any atom is 0.254 e. The van der Waals surface area contributed by atoms with Gasteiger partial charge in [0.1, 0.15) is 0 Å². The standard InChI is InChI=1S/C18H16ClNO3/c19-14-9-13(10-16-17(14)23-11-22-16)18(21)20-8-4-7-15(20)12-5-2-1-3-6-12/h1-3,5-6,9-10,15H,4,7-8,11H2. The molecule has 1 fully saturated rings. The molecular weight excluding hydrogens is 314 g/mol. The number of carbonyl (C=O) groups is 1. The molecule has 0 saturated carbocycles. The monoisotopic (exact) mass is 329 g/mol. The SMILES string of the molecule is O=C(c1cc(Cl)c2c(c1)OCO2)N1CCCC1c1ccccc1. The average Bonchev–Trinajstić information content (AvgIpc) is 3.24. The van der Waals surface area contributed by atoms with Crippen LogP contribution in [-0.2, 0) is 0 Å². The highest BCUT2D eigenvalue weighted by atomic mass is 35.5. The van der Waals surface area contributed by atoms with Gasteiger partial charge in [-0.05, 0) is 30.5 Å². The first-order valence-electron chi connectivity index (χ1n) is 7.69. The summed E-state index contributed by atoms with van der Waals surface area (Å²) in [5.74, 6) is 1.04. The van der Waals surface area contributed by atoms with Crippen LogP contribution in [0, 0.1) is 0 Å². The number of likely N-dealkylation sites (tertiary alicyclic amines) is 1. The summed E-state index contributed by atoms with van der Waals surface area (Å²) in [6.45, 7) is 0.896. The van der Waals surface area contributed by atoms with Crippen LogP contribution in [0.25, 0.3) is 0 Å². The molecule has 2 aliphatic heterocycles. The summed E-state index contributed by atoms with van der Waals surface area (Å²) in [5.41, 5.74) is 1.72. The van der Waals surface area contributed by atoms with Crippen molar-refractivity contribution in [3.05, 3.63) is 58.6 Å². The molecule has 0 aliphatic carbocycles. The van der Waals surface area contributed by atoms with Crippen molar-refractivity contribution in [3.8, 4) is 11.5 Å². The Balaban J connectivity index is 1.65. The lowest BCUT2D eigenvalue weighted by Gasteiger charge is -2.25. The number of halogens is 1. The Morgan fingerprint density at radius 3 is 2.83 bits per heavy atom. The molecular formula is C18H16ClNO3. The third kappa shape index (κ3) is 2.53. The summed E-state index contributed by atoms with van der Waals surface area (Å²) in [6.07, 6.45) is 1.98. The normalized spacial score (nSPS) is 19.2. The van der Waals surface area contributed by atoms with Crippen molar-refractivity contribution in [3.63, 3.8) is 0 Å². The van der Waals surface area contributed by atoms with E-state index in [0.29, 0.717) is 22.1 Å². The van der Waals surface area contributed by atoms with Gasteiger partial charge in [-0.25, -0.2) is 0 Å². The van der Waals surface area contributed by atoms with Gasteiger partial charge in [0.05, 0.1) is 11.1 Å². The molecule has 2 aromatic carbocycles. The van der Waals surface area contributed by atoms with E-state index in [1.165, 1.54) is 5.56 Å². The van der Waals surface area contributed by atoms with E-state index in [1.807, 2.05) is 23.1 Å². The molecule has 2 aromatic rings. The van der Waals surface area contributed by atoms with Crippen LogP contribution in [0.5, 0.6) is 11.5 Å². The second kappa shape index (κ2) is 5.78. The van der Waals surface area contributed by atoms with Crippen molar-refractivity contribution in [2.24, 2.45) is 0 Å². The zero-order chi connectivity index (χ0) is 15.8. The smallest absolute Gasteiger partial charge is 0.254 e. The molecule has 0 radical (unpaired) electrons. The minimum Gasteiger partial charge on any atom is -0.454 e. The van der Waals surface area contributed by atoms with Crippen LogP contribution in [0.4, 0.5) is 0 Å². The number of hydrogen-bond donors (Lipinski definition) is 0. The van der Waals surface area contributed by atoms with Gasteiger partial charge in [0.15, 0.2) is 11.5 Å². The fraction of sp³-hybridized carbons (Fsp3) is 0.278. The summed E-state index contributed by atoms with van der Waals surface area (Å²) in [5, 5.41) is 0.416. The summed E-state index contributed by atoms with van der Waals surface area (Å²) >= 11 is 6.20. The maximum absolute atomic E-state index is 13.0. The van der Waals surface area contributed by atoms with Gasteiger partial charge in [0.2, 0.25) is 6.79 Å². The van der Waals surface area contributed by atoms with Crippen molar-refractivity contribution in [1.82, 2.24) is 4.90 Å². The molecule has 0 aromatic heterocycles. The van der Waals surface area contributed by atoms with Gasteiger partial charge in [-0.1, -0.05) is 41.9 Å². The first-order valence-corrected chi connectivity index (χ1v) is 8.07. The Morgan fingerprint density at radius 1 is 1.17 bits per heavy atom. The van der Waals surface area contributed by atoms with Crippen LogP contribution >= 0.6 is 11.6 Å². The van der Waals surface area contributed by atoms with Gasteiger partial charge < -0.3 is 14.4 Å². The first-order chi connectivity index (χ1) is 11.2. The Hall–Kier alpha value is -2.20. The molecule has 2 aliphatic rings. The van der Waals surface area contributed by atoms with Gasteiger partial charge in [-0.3, -0.25) is 4.79 Å². The zero-order valence-electron chi connectivity index (χ0n) is 12.5. The van der Waals surface area contributed by atoms with Crippen LogP contribution in [-0.4, -0.2) is 24.1 Å². The van der Waals surface area contributed by atoms with Gasteiger partial charge in [-0.15, -0.1) is 0 Å². The summed E-state index contributed by atoms with van der Waals surface area (Å²) in [4.78, 5) is 14.9. The minimum atomic E-state index is -0.0171. The highest BCUT2D eigenvalue weighted by Crippen LogP contribution is 2.41. The van der Waals surface area contributed by atoms with Crippen LogP contribution < -0.4 is 9.47 Å². The quantitative estimate of drug-likeness (QED) is 0.834. The number of ether oxygens (including phenoxy) is 2. The highest BCUT2D eigenvalue weighted by Gasteiger charge is 2.31. The van der Waals surface area contributed by atoms with Crippen LogP contribution in [0.1, 0.15) is 34.8 Å². The number of rotatable bonds is 2. The zero-order valence-corrected chi connectivity index (χ0v) is 13.3. The number of carbonyl (C=O) groups excluding carboxylic acids is 1. The maximum atomic E-state index is 13.0. The molecule has 118 valence electrons. The Bertz CT molecular complexity index is 747. The fourth-order valence-electron chi connectivity index (χ4n) is 3.29. The van der Waals surface area contributed by atoms with E-state index < -0.39 is 0 Å². The second-order valence-corrected chi connectivity index (χ2v) is 6.17. The number of nitrogens with zero attached hydrogens (tertiary/aromatic N) is 1. The Labute approximate surface area is 139 Å². The Morgan fingerprint density at radius 2 is 2.00 bits per heavy atom. The molecule has 5 heteroatoms. The fourth-order valence-corrected chi connectivity index (χ4v) is 3.55. The summed E-state index contributed by atoms with van der Waals surface area (Å²) in [7, 11) is 0. The van der Waals surface area contributed by atoms with Crippen molar-refractivity contribution in [2.75, 3.05) is 13.3 Å². The predicted octanol–water partition coefficient (Wildman–Crippen LogP) is 4.05. The van der Waals surface area contributed by atoms with Gasteiger partial charge in [0, 0.05) is 12.1 Å². The van der Waals surface area contributed by atoms with E-state index in [1.54, 1.807) is 12.1 Å². The van der Waals surface area contributed by atoms with Gasteiger partial charge in [-0.2, -0.15) is 0 Å². The highest BCUT2D eigenvalue weighted by molar-refractivity contribution is 6.32. The average molecular weight is 330 g/mol. The first kappa shape index (κ1) is 14.4. The molecule has 0 bridgehead atoms. The minimum absolute atomic E-state index is 0.0171. The van der Waals surface area contributed by atoms with Crippen LogP contribution in [0.3, 0.4) is 0 Å². The number of fused-ring (bicyclic) bond motifs is 1. The molecule has 4 nitrogen and oxygen atoms in total. The van der Waals surface area contributed by atoms with E-state index >= 15 is 0 Å². The molecule has 4 rings (SSSR count). The second-order valence-electron chi connectivity index (χ2n) is 5.76. The van der Waals surface area contributed by atoms with Crippen molar-refractivity contribution in [2.45, 2.75) is 18.9 Å². The molecule has 0 N–H and O–H groups in total. The largest absolute Gasteiger partial charge is 0.454 e. The third-order valence-electron chi connectivity index (χ3n) is 4.37. The molecule has 1 atom stereocenters. The Kier molecular flexibility index (Phi) is 3.62. The van der Waals surface area contributed by atoms with Crippen molar-refractivity contribution < 1.29 is 14.3 Å². The number of hydrogen-bond acceptors (Lipinski definition) is 3. The number of amides is 1. The van der Waals surface area contributed by atoms with E-state index in [0.717, 1.165) is 19.4 Å². The molecule has 1 amide bonds. The third-order valence-corrected chi connectivity index (χ3v) is 4.65. The summed E-state index contributed by atoms with van der Waals surface area (Å²) in [6, 6.07) is 13.7. The van der Waals surface area contributed by atoms with Gasteiger partial charge >= 0.3 is 0 Å². The van der Waals surface area contributed by atoms with Crippen molar-refractivity contribution in [1.29, 1.82) is 0 Å². The number of benzene rings is 2. The molecule has 2 heterocycles. The van der Waals surface area contributed by atoms with Crippen LogP contribution in [0.15, 0.2) is 42.5 Å². The molecule has 0 spiro atoms. The van der Waals surface area contributed by atoms with E-state index in [2.05, 4.69) is 12.1 Å². The van der Waals surface area contributed by atoms with Crippen LogP contribution in [0.2, 0.25) is 5.02 Å². The van der Waals surface area contributed by atoms with Crippen molar-refractivity contribution >= 4 is 17.5 Å². The lowest BCUT2D eigenvalue weighted by molar-refractivity contribution is 0.0735.